The number of fused-ring (bicyclic) bond motifs is 7. The summed E-state index contributed by atoms with van der Waals surface area (Å²) < 4.78 is 0. The molecule has 3 heteroatoms. The Morgan fingerprint density at radius 1 is 0.351 bits per heavy atom. The van der Waals surface area contributed by atoms with Crippen LogP contribution >= 0.6 is 0 Å². The SMILES string of the molecule is Cc1cc(-c2nc(-c3ccccc3)nc(-c3ccc(-c4ccccc4)cc3)n2)cc2c3cc4ccccc4cc3c3cccc(C(C)C)c3c12.Cc1ccccc1. The lowest BCUT2D eigenvalue weighted by Gasteiger charge is -2.19. The molecule has 0 N–H and O–H groups in total. The molecular weight excluding hydrogens is 691 g/mol. The summed E-state index contributed by atoms with van der Waals surface area (Å²) in [7, 11) is 0. The first-order valence-corrected chi connectivity index (χ1v) is 19.7. The molecule has 1 aromatic heterocycles. The summed E-state index contributed by atoms with van der Waals surface area (Å²) in [5, 5.41) is 10.1. The summed E-state index contributed by atoms with van der Waals surface area (Å²) in [6, 6.07) is 64.2. The van der Waals surface area contributed by atoms with Crippen LogP contribution in [0, 0.1) is 13.8 Å². The van der Waals surface area contributed by atoms with E-state index in [1.165, 1.54) is 65.3 Å². The summed E-state index contributed by atoms with van der Waals surface area (Å²) in [6.45, 7) is 8.90. The second-order valence-corrected chi connectivity index (χ2v) is 15.2. The first kappa shape index (κ1) is 35.7. The van der Waals surface area contributed by atoms with Gasteiger partial charge in [-0.05, 0) is 109 Å². The van der Waals surface area contributed by atoms with Gasteiger partial charge in [-0.1, -0.05) is 177 Å². The molecule has 0 aliphatic rings. The van der Waals surface area contributed by atoms with E-state index >= 15 is 0 Å². The van der Waals surface area contributed by atoms with Gasteiger partial charge in [-0.2, -0.15) is 0 Å². The number of nitrogens with zero attached hydrogens (tertiary/aromatic N) is 3. The molecule has 10 aromatic rings. The van der Waals surface area contributed by atoms with Gasteiger partial charge in [0.05, 0.1) is 0 Å². The Kier molecular flexibility index (Phi) is 9.58. The average Bonchev–Trinajstić information content (AvgIpc) is 3.26. The number of hydrogen-bond donors (Lipinski definition) is 0. The van der Waals surface area contributed by atoms with E-state index in [1.807, 2.05) is 42.5 Å². The standard InChI is InChI=1S/C47H35N3.C7H8/c1-29(2)38-19-12-20-39-40-26-35-17-10-11-18-36(35)27-41(40)42-28-37(25-30(3)43(42)44(38)39)47-49-45(33-15-8-5-9-16-33)48-46(50-47)34-23-21-32(22-24-34)31-13-6-4-7-14-31;1-7-5-3-2-4-6-7/h4-29H,1-3H3;2-6H,1H3. The van der Waals surface area contributed by atoms with E-state index < -0.39 is 0 Å². The fraction of sp³-hybridized carbons (Fsp3) is 0.0926. The van der Waals surface area contributed by atoms with Gasteiger partial charge in [0.1, 0.15) is 0 Å². The number of rotatable bonds is 5. The van der Waals surface area contributed by atoms with E-state index in [4.69, 9.17) is 15.0 Å². The maximum Gasteiger partial charge on any atom is 0.164 e. The van der Waals surface area contributed by atoms with E-state index in [0.29, 0.717) is 23.4 Å². The van der Waals surface area contributed by atoms with Crippen LogP contribution in [0.2, 0.25) is 0 Å². The Morgan fingerprint density at radius 2 is 0.825 bits per heavy atom. The zero-order valence-electron chi connectivity index (χ0n) is 32.7. The predicted octanol–water partition coefficient (Wildman–Crippen LogP) is 14.6. The van der Waals surface area contributed by atoms with Crippen molar-refractivity contribution >= 4 is 43.1 Å². The lowest BCUT2D eigenvalue weighted by atomic mass is 9.85. The molecule has 0 spiro atoms. The van der Waals surface area contributed by atoms with E-state index in [9.17, 15) is 0 Å². The molecule has 0 saturated heterocycles. The molecule has 0 aliphatic heterocycles. The van der Waals surface area contributed by atoms with Gasteiger partial charge in [0.25, 0.3) is 0 Å². The van der Waals surface area contributed by atoms with Crippen LogP contribution in [0.1, 0.15) is 36.5 Å². The second-order valence-electron chi connectivity index (χ2n) is 15.2. The third kappa shape index (κ3) is 7.05. The highest BCUT2D eigenvalue weighted by molar-refractivity contribution is 6.29. The van der Waals surface area contributed by atoms with Crippen molar-refractivity contribution in [3.05, 3.63) is 199 Å². The van der Waals surface area contributed by atoms with Crippen LogP contribution in [0.25, 0.3) is 88.4 Å². The lowest BCUT2D eigenvalue weighted by molar-refractivity contribution is 0.877. The summed E-state index contributed by atoms with van der Waals surface area (Å²) in [6.07, 6.45) is 0. The molecule has 1 heterocycles. The van der Waals surface area contributed by atoms with Crippen molar-refractivity contribution in [3.8, 4) is 45.3 Å². The maximum absolute atomic E-state index is 5.17. The normalized spacial score (nSPS) is 11.3. The van der Waals surface area contributed by atoms with Crippen LogP contribution in [0.4, 0.5) is 0 Å². The highest BCUT2D eigenvalue weighted by atomic mass is 15.0. The Balaban J connectivity index is 0.000000548. The average molecular weight is 734 g/mol. The van der Waals surface area contributed by atoms with Crippen molar-refractivity contribution in [1.29, 1.82) is 0 Å². The Labute approximate surface area is 334 Å². The number of benzene rings is 9. The Bertz CT molecular complexity index is 3030. The van der Waals surface area contributed by atoms with Crippen LogP contribution in [-0.2, 0) is 0 Å². The van der Waals surface area contributed by atoms with Crippen molar-refractivity contribution in [2.75, 3.05) is 0 Å². The van der Waals surface area contributed by atoms with Gasteiger partial charge in [0.2, 0.25) is 0 Å². The molecular formula is C54H43N3. The highest BCUT2D eigenvalue weighted by Crippen LogP contribution is 2.43. The van der Waals surface area contributed by atoms with Crippen molar-refractivity contribution in [2.45, 2.75) is 33.6 Å². The molecule has 10 rings (SSSR count). The summed E-state index contributed by atoms with van der Waals surface area (Å²) >= 11 is 0. The molecule has 57 heavy (non-hydrogen) atoms. The van der Waals surface area contributed by atoms with Gasteiger partial charge in [-0.25, -0.2) is 15.0 Å². The van der Waals surface area contributed by atoms with Gasteiger partial charge in [-0.3, -0.25) is 0 Å². The fourth-order valence-corrected chi connectivity index (χ4v) is 8.03. The monoisotopic (exact) mass is 733 g/mol. The summed E-state index contributed by atoms with van der Waals surface area (Å²) in [5.74, 6) is 2.36. The van der Waals surface area contributed by atoms with Crippen LogP contribution < -0.4 is 0 Å². The molecule has 0 fully saturated rings. The van der Waals surface area contributed by atoms with Crippen LogP contribution in [0.15, 0.2) is 182 Å². The highest BCUT2D eigenvalue weighted by Gasteiger charge is 2.19. The Morgan fingerprint density at radius 3 is 1.39 bits per heavy atom. The minimum atomic E-state index is 0.381. The van der Waals surface area contributed by atoms with Gasteiger partial charge >= 0.3 is 0 Å². The Hall–Kier alpha value is -6.97. The first-order chi connectivity index (χ1) is 27.9. The molecule has 0 amide bonds. The molecule has 0 atom stereocenters. The van der Waals surface area contributed by atoms with Gasteiger partial charge in [0, 0.05) is 16.7 Å². The van der Waals surface area contributed by atoms with Crippen molar-refractivity contribution in [2.24, 2.45) is 0 Å². The van der Waals surface area contributed by atoms with E-state index in [2.05, 4.69) is 167 Å². The molecule has 0 saturated carbocycles. The fourth-order valence-electron chi connectivity index (χ4n) is 8.03. The number of aromatic nitrogens is 3. The van der Waals surface area contributed by atoms with Gasteiger partial charge in [0.15, 0.2) is 17.5 Å². The second kappa shape index (κ2) is 15.3. The van der Waals surface area contributed by atoms with E-state index in [0.717, 1.165) is 22.3 Å². The van der Waals surface area contributed by atoms with Crippen LogP contribution in [0.3, 0.4) is 0 Å². The molecule has 9 aromatic carbocycles. The summed E-state index contributed by atoms with van der Waals surface area (Å²) in [5.41, 5.74) is 9.12. The first-order valence-electron chi connectivity index (χ1n) is 19.7. The van der Waals surface area contributed by atoms with E-state index in [-0.39, 0.29) is 0 Å². The molecule has 3 nitrogen and oxygen atoms in total. The van der Waals surface area contributed by atoms with Crippen molar-refractivity contribution < 1.29 is 0 Å². The van der Waals surface area contributed by atoms with Crippen LogP contribution in [0.5, 0.6) is 0 Å². The third-order valence-electron chi connectivity index (χ3n) is 10.9. The number of aryl methyl sites for hydroxylation is 2. The predicted molar refractivity (Wildman–Crippen MR) is 242 cm³/mol. The quantitative estimate of drug-likeness (QED) is 0.131. The van der Waals surface area contributed by atoms with Crippen molar-refractivity contribution in [1.82, 2.24) is 15.0 Å². The molecule has 274 valence electrons. The molecule has 0 bridgehead atoms. The molecule has 0 radical (unpaired) electrons. The molecule has 0 aliphatic carbocycles. The minimum Gasteiger partial charge on any atom is -0.208 e. The maximum atomic E-state index is 5.17. The summed E-state index contributed by atoms with van der Waals surface area (Å²) in [4.78, 5) is 15.3. The lowest BCUT2D eigenvalue weighted by Crippen LogP contribution is -2.01. The van der Waals surface area contributed by atoms with E-state index in [1.54, 1.807) is 0 Å². The topological polar surface area (TPSA) is 38.7 Å². The molecule has 0 unspecified atom stereocenters. The smallest absolute Gasteiger partial charge is 0.164 e. The third-order valence-corrected chi connectivity index (χ3v) is 10.9. The number of hydrogen-bond acceptors (Lipinski definition) is 3. The van der Waals surface area contributed by atoms with Crippen molar-refractivity contribution in [3.63, 3.8) is 0 Å². The zero-order valence-corrected chi connectivity index (χ0v) is 32.7. The largest absolute Gasteiger partial charge is 0.208 e. The zero-order chi connectivity index (χ0) is 38.9. The van der Waals surface area contributed by atoms with Gasteiger partial charge in [-0.15, -0.1) is 0 Å². The van der Waals surface area contributed by atoms with Crippen LogP contribution in [-0.4, -0.2) is 15.0 Å². The minimum absolute atomic E-state index is 0.381. The van der Waals surface area contributed by atoms with Gasteiger partial charge < -0.3 is 0 Å².